The van der Waals surface area contributed by atoms with Gasteiger partial charge in [0.1, 0.15) is 0 Å². The molecule has 0 aromatic carbocycles. The summed E-state index contributed by atoms with van der Waals surface area (Å²) in [7, 11) is 0. The van der Waals surface area contributed by atoms with Crippen molar-refractivity contribution in [3.8, 4) is 0 Å². The van der Waals surface area contributed by atoms with E-state index in [1.54, 1.807) is 0 Å². The molecule has 98 valence electrons. The van der Waals surface area contributed by atoms with Crippen LogP contribution in [0.3, 0.4) is 0 Å². The van der Waals surface area contributed by atoms with Crippen LogP contribution in [-0.2, 0) is 4.74 Å². The molecule has 0 bridgehead atoms. The summed E-state index contributed by atoms with van der Waals surface area (Å²) in [5.74, 6) is 0.695. The smallest absolute Gasteiger partial charge is 0.0767 e. The third-order valence-corrected chi connectivity index (χ3v) is 3.18. The molecule has 0 aliphatic carbocycles. The molecule has 0 heterocycles. The highest BCUT2D eigenvalue weighted by atomic mass is 16.5. The first-order valence-electron chi connectivity index (χ1n) is 6.22. The third kappa shape index (κ3) is 6.46. The maximum atomic E-state index is 9.92. The molecule has 0 fully saturated rings. The van der Waals surface area contributed by atoms with Gasteiger partial charge in [0.2, 0.25) is 0 Å². The Hall–Kier alpha value is -0.120. The molecule has 0 amide bonds. The van der Waals surface area contributed by atoms with Crippen LogP contribution in [-0.4, -0.2) is 36.0 Å². The van der Waals surface area contributed by atoms with Crippen molar-refractivity contribution in [2.75, 3.05) is 19.8 Å². The van der Waals surface area contributed by atoms with Gasteiger partial charge in [-0.3, -0.25) is 0 Å². The minimum atomic E-state index is -0.731. The van der Waals surface area contributed by atoms with Crippen LogP contribution in [0.2, 0.25) is 0 Å². The van der Waals surface area contributed by atoms with E-state index in [-0.39, 0.29) is 5.54 Å². The highest BCUT2D eigenvalue weighted by Gasteiger charge is 2.33. The average Bonchev–Trinajstić information content (AvgIpc) is 2.08. The maximum Gasteiger partial charge on any atom is 0.0767 e. The first kappa shape index (κ1) is 15.9. The lowest BCUT2D eigenvalue weighted by molar-refractivity contribution is -0.00811. The summed E-state index contributed by atoms with van der Waals surface area (Å²) in [6, 6.07) is 0. The number of nitrogens with one attached hydrogen (secondary N) is 1. The Kier molecular flexibility index (Phi) is 6.53. The molecule has 3 nitrogen and oxygen atoms in total. The summed E-state index contributed by atoms with van der Waals surface area (Å²) >= 11 is 0. The van der Waals surface area contributed by atoms with Crippen LogP contribution in [0.25, 0.3) is 0 Å². The topological polar surface area (TPSA) is 41.5 Å². The predicted octanol–water partition coefficient (Wildman–Crippen LogP) is 2.19. The quantitative estimate of drug-likeness (QED) is 0.629. The molecule has 0 atom stereocenters. The summed E-state index contributed by atoms with van der Waals surface area (Å²) in [4.78, 5) is 0. The van der Waals surface area contributed by atoms with Gasteiger partial charge >= 0.3 is 0 Å². The Labute approximate surface area is 101 Å². The second kappa shape index (κ2) is 6.58. The lowest BCUT2D eigenvalue weighted by atomic mass is 9.86. The molecule has 0 aromatic rings. The highest BCUT2D eigenvalue weighted by molar-refractivity contribution is 4.93. The number of hydrogen-bond donors (Lipinski definition) is 2. The zero-order chi connectivity index (χ0) is 12.8. The molecule has 0 aliphatic heterocycles. The molecule has 16 heavy (non-hydrogen) atoms. The van der Waals surface area contributed by atoms with Gasteiger partial charge < -0.3 is 15.2 Å². The van der Waals surface area contributed by atoms with Crippen LogP contribution >= 0.6 is 0 Å². The maximum absolute atomic E-state index is 9.92. The Balaban J connectivity index is 3.59. The van der Waals surface area contributed by atoms with Crippen molar-refractivity contribution < 1.29 is 9.84 Å². The minimum absolute atomic E-state index is 0.297. The van der Waals surface area contributed by atoms with Gasteiger partial charge in [0.15, 0.2) is 0 Å². The summed E-state index contributed by atoms with van der Waals surface area (Å²) in [5, 5.41) is 13.2. The molecule has 0 rings (SSSR count). The van der Waals surface area contributed by atoms with Gasteiger partial charge in [-0.15, -0.1) is 0 Å². The fourth-order valence-corrected chi connectivity index (χ4v) is 1.07. The Morgan fingerprint density at radius 2 is 1.69 bits per heavy atom. The molecule has 2 N–H and O–H groups in total. The molecular weight excluding hydrogens is 202 g/mol. The Morgan fingerprint density at radius 1 is 1.12 bits per heavy atom. The normalized spacial score (nSPS) is 13.5. The standard InChI is InChI=1S/C13H29NO2/c1-11(2)7-9-16-10-8-14-12(3,4)13(5,6)15/h11,14-15H,7-10H2,1-6H3. The second-order valence-electron chi connectivity index (χ2n) is 5.91. The van der Waals surface area contributed by atoms with Crippen LogP contribution in [0, 0.1) is 5.92 Å². The van der Waals surface area contributed by atoms with Crippen LogP contribution in [0.15, 0.2) is 0 Å². The largest absolute Gasteiger partial charge is 0.389 e. The van der Waals surface area contributed by atoms with Gasteiger partial charge in [0, 0.05) is 18.7 Å². The van der Waals surface area contributed by atoms with Crippen molar-refractivity contribution in [3.63, 3.8) is 0 Å². The highest BCUT2D eigenvalue weighted by Crippen LogP contribution is 2.19. The van der Waals surface area contributed by atoms with E-state index in [0.717, 1.165) is 19.6 Å². The molecule has 0 aromatic heterocycles. The summed E-state index contributed by atoms with van der Waals surface area (Å²) in [5.41, 5.74) is -1.03. The molecule has 0 saturated carbocycles. The minimum Gasteiger partial charge on any atom is -0.389 e. The predicted molar refractivity (Wildman–Crippen MR) is 68.7 cm³/mol. The summed E-state index contributed by atoms with van der Waals surface area (Å²) in [6.07, 6.45) is 1.11. The van der Waals surface area contributed by atoms with Crippen LogP contribution in [0.1, 0.15) is 48.0 Å². The number of ether oxygens (including phenoxy) is 1. The first-order chi connectivity index (χ1) is 7.17. The van der Waals surface area contributed by atoms with Crippen molar-refractivity contribution in [1.82, 2.24) is 5.32 Å². The average molecular weight is 231 g/mol. The molecule has 0 spiro atoms. The molecule has 0 saturated heterocycles. The zero-order valence-electron chi connectivity index (χ0n) is 11.8. The lowest BCUT2D eigenvalue weighted by Crippen LogP contribution is -2.56. The Bertz CT molecular complexity index is 183. The van der Waals surface area contributed by atoms with E-state index in [1.807, 2.05) is 27.7 Å². The van der Waals surface area contributed by atoms with Crippen LogP contribution < -0.4 is 5.32 Å². The monoisotopic (exact) mass is 231 g/mol. The van der Waals surface area contributed by atoms with Crippen molar-refractivity contribution in [2.24, 2.45) is 5.92 Å². The van der Waals surface area contributed by atoms with Crippen molar-refractivity contribution in [1.29, 1.82) is 0 Å². The number of hydrogen-bond acceptors (Lipinski definition) is 3. The van der Waals surface area contributed by atoms with Crippen molar-refractivity contribution in [2.45, 2.75) is 59.1 Å². The Morgan fingerprint density at radius 3 is 2.12 bits per heavy atom. The number of rotatable bonds is 8. The van der Waals surface area contributed by atoms with Gasteiger partial charge in [0.05, 0.1) is 12.2 Å². The molecule has 0 radical (unpaired) electrons. The number of aliphatic hydroxyl groups is 1. The zero-order valence-corrected chi connectivity index (χ0v) is 11.8. The van der Waals surface area contributed by atoms with Gasteiger partial charge in [-0.2, -0.15) is 0 Å². The van der Waals surface area contributed by atoms with Crippen LogP contribution in [0.5, 0.6) is 0 Å². The third-order valence-electron chi connectivity index (χ3n) is 3.18. The van der Waals surface area contributed by atoms with E-state index in [1.165, 1.54) is 0 Å². The first-order valence-corrected chi connectivity index (χ1v) is 6.22. The van der Waals surface area contributed by atoms with E-state index in [0.29, 0.717) is 12.5 Å². The second-order valence-corrected chi connectivity index (χ2v) is 5.91. The lowest BCUT2D eigenvalue weighted by Gasteiger charge is -2.38. The van der Waals surface area contributed by atoms with E-state index < -0.39 is 5.60 Å². The van der Waals surface area contributed by atoms with Crippen LogP contribution in [0.4, 0.5) is 0 Å². The van der Waals surface area contributed by atoms with Gasteiger partial charge in [-0.25, -0.2) is 0 Å². The van der Waals surface area contributed by atoms with E-state index in [9.17, 15) is 5.11 Å². The van der Waals surface area contributed by atoms with E-state index in [4.69, 9.17) is 4.74 Å². The van der Waals surface area contributed by atoms with E-state index in [2.05, 4.69) is 19.2 Å². The van der Waals surface area contributed by atoms with Crippen molar-refractivity contribution >= 4 is 0 Å². The molecule has 3 heteroatoms. The summed E-state index contributed by atoms with van der Waals surface area (Å²) in [6.45, 7) is 14.3. The summed E-state index contributed by atoms with van der Waals surface area (Å²) < 4.78 is 5.51. The van der Waals surface area contributed by atoms with Gasteiger partial charge in [-0.05, 0) is 40.0 Å². The molecule has 0 unspecified atom stereocenters. The van der Waals surface area contributed by atoms with Gasteiger partial charge in [0.25, 0.3) is 0 Å². The molecule has 0 aliphatic rings. The molecular formula is C13H29NO2. The van der Waals surface area contributed by atoms with Gasteiger partial charge in [-0.1, -0.05) is 13.8 Å². The SMILES string of the molecule is CC(C)CCOCCNC(C)(C)C(C)(C)O. The van der Waals surface area contributed by atoms with Crippen molar-refractivity contribution in [3.05, 3.63) is 0 Å². The fraction of sp³-hybridized carbons (Fsp3) is 1.00. The fourth-order valence-electron chi connectivity index (χ4n) is 1.07. The van der Waals surface area contributed by atoms with E-state index >= 15 is 0 Å².